The lowest BCUT2D eigenvalue weighted by molar-refractivity contribution is 0.0250. The van der Waals surface area contributed by atoms with E-state index in [-0.39, 0.29) is 6.09 Å². The largest absolute Gasteiger partial charge is 0.444 e. The maximum Gasteiger partial charge on any atom is 0.410 e. The predicted octanol–water partition coefficient (Wildman–Crippen LogP) is 1.07. The Labute approximate surface area is 96.9 Å². The molecule has 5 nitrogen and oxygen atoms in total. The first kappa shape index (κ1) is 13.0. The molecular formula is C10H17NO4S. The van der Waals surface area contributed by atoms with Crippen LogP contribution in [-0.4, -0.2) is 43.0 Å². The molecule has 1 amide bonds. The second kappa shape index (κ2) is 4.86. The van der Waals surface area contributed by atoms with Crippen molar-refractivity contribution in [2.45, 2.75) is 39.2 Å². The van der Waals surface area contributed by atoms with E-state index in [0.29, 0.717) is 30.8 Å². The molecule has 1 aliphatic rings. The Bertz CT molecular complexity index is 387. The molecule has 0 saturated carbocycles. The number of hydrogen-bond donors (Lipinski definition) is 0. The van der Waals surface area contributed by atoms with E-state index in [9.17, 15) is 13.2 Å². The minimum Gasteiger partial charge on any atom is -0.444 e. The molecule has 16 heavy (non-hydrogen) atoms. The normalized spacial score (nSPS) is 17.2. The lowest BCUT2D eigenvalue weighted by Crippen LogP contribution is -2.42. The van der Waals surface area contributed by atoms with Crippen molar-refractivity contribution in [1.82, 2.24) is 4.90 Å². The third-order valence-corrected chi connectivity index (χ3v) is 3.09. The summed E-state index contributed by atoms with van der Waals surface area (Å²) in [4.78, 5) is 13.7. The maximum atomic E-state index is 11.6. The summed E-state index contributed by atoms with van der Waals surface area (Å²) in [6.07, 6.45) is 0.452. The first-order valence-electron chi connectivity index (χ1n) is 5.21. The van der Waals surface area contributed by atoms with Gasteiger partial charge in [-0.15, -0.1) is 0 Å². The molecule has 0 radical (unpaired) electrons. The Morgan fingerprint density at radius 2 is 1.75 bits per heavy atom. The minimum absolute atomic E-state index is 0.372. The van der Waals surface area contributed by atoms with Crippen LogP contribution in [0.1, 0.15) is 33.6 Å². The molecule has 92 valence electrons. The smallest absolute Gasteiger partial charge is 0.410 e. The van der Waals surface area contributed by atoms with Gasteiger partial charge >= 0.3 is 6.09 Å². The van der Waals surface area contributed by atoms with Crippen LogP contribution in [0.2, 0.25) is 0 Å². The fourth-order valence-electron chi connectivity index (χ4n) is 1.43. The van der Waals surface area contributed by atoms with Crippen LogP contribution < -0.4 is 0 Å². The number of carbonyl (C=O) groups excluding carboxylic acids is 1. The van der Waals surface area contributed by atoms with Gasteiger partial charge in [0.25, 0.3) is 0 Å². The van der Waals surface area contributed by atoms with Crippen LogP contribution in [0.15, 0.2) is 0 Å². The molecule has 0 bridgehead atoms. The van der Waals surface area contributed by atoms with Crippen LogP contribution in [0.4, 0.5) is 4.79 Å². The molecule has 0 unspecified atom stereocenters. The molecule has 0 aromatic rings. The molecule has 1 fully saturated rings. The number of amides is 1. The van der Waals surface area contributed by atoms with E-state index in [4.69, 9.17) is 4.74 Å². The van der Waals surface area contributed by atoms with E-state index in [2.05, 4.69) is 0 Å². The Kier molecular flexibility index (Phi) is 3.96. The van der Waals surface area contributed by atoms with E-state index in [1.807, 2.05) is 0 Å². The van der Waals surface area contributed by atoms with Gasteiger partial charge in [0.05, 0.1) is 4.86 Å². The molecule has 1 heterocycles. The highest BCUT2D eigenvalue weighted by Gasteiger charge is 2.25. The second-order valence-corrected chi connectivity index (χ2v) is 5.79. The number of rotatable bonds is 0. The van der Waals surface area contributed by atoms with Crippen molar-refractivity contribution in [3.05, 3.63) is 0 Å². The number of nitrogens with zero attached hydrogens (tertiary/aromatic N) is 1. The van der Waals surface area contributed by atoms with Crippen LogP contribution in [0.25, 0.3) is 0 Å². The zero-order valence-electron chi connectivity index (χ0n) is 9.82. The number of hydrogen-bond acceptors (Lipinski definition) is 4. The highest BCUT2D eigenvalue weighted by Crippen LogP contribution is 2.13. The molecule has 0 atom stereocenters. The topological polar surface area (TPSA) is 63.7 Å². The standard InChI is InChI=1S/C10H17NO4S/c1-10(2,3)15-9(12)11-6-4-8(5-7-11)16(13)14/h4-7H2,1-3H3. The Morgan fingerprint density at radius 3 is 2.12 bits per heavy atom. The third-order valence-electron chi connectivity index (χ3n) is 2.21. The summed E-state index contributed by atoms with van der Waals surface area (Å²) in [6.45, 7) is 6.24. The van der Waals surface area contributed by atoms with E-state index in [0.717, 1.165) is 0 Å². The number of ether oxygens (including phenoxy) is 1. The van der Waals surface area contributed by atoms with Crippen molar-refractivity contribution in [3.8, 4) is 0 Å². The number of likely N-dealkylation sites (tertiary alicyclic amines) is 1. The average Bonchev–Trinajstić information content (AvgIpc) is 2.15. The average molecular weight is 247 g/mol. The fraction of sp³-hybridized carbons (Fsp3) is 0.800. The van der Waals surface area contributed by atoms with E-state index >= 15 is 0 Å². The van der Waals surface area contributed by atoms with Crippen molar-refractivity contribution in [2.75, 3.05) is 13.1 Å². The van der Waals surface area contributed by atoms with Crippen molar-refractivity contribution < 1.29 is 17.9 Å². The van der Waals surface area contributed by atoms with Crippen LogP contribution >= 0.6 is 0 Å². The highest BCUT2D eigenvalue weighted by molar-refractivity contribution is 7.73. The SMILES string of the molecule is CC(C)(C)OC(=O)N1CCC(=S(=O)=O)CC1. The molecule has 0 N–H and O–H groups in total. The lowest BCUT2D eigenvalue weighted by Gasteiger charge is -2.29. The molecule has 1 rings (SSSR count). The quantitative estimate of drug-likeness (QED) is 0.601. The Hall–Kier alpha value is -1.04. The van der Waals surface area contributed by atoms with Crippen molar-refractivity contribution in [2.24, 2.45) is 0 Å². The van der Waals surface area contributed by atoms with Gasteiger partial charge in [0, 0.05) is 25.9 Å². The van der Waals surface area contributed by atoms with Gasteiger partial charge in [0.1, 0.15) is 5.60 Å². The first-order valence-corrected chi connectivity index (χ1v) is 6.29. The summed E-state index contributed by atoms with van der Waals surface area (Å²) in [5.41, 5.74) is -0.511. The van der Waals surface area contributed by atoms with Crippen LogP contribution in [0, 0.1) is 0 Å². The molecule has 0 aromatic heterocycles. The van der Waals surface area contributed by atoms with Gasteiger partial charge < -0.3 is 9.64 Å². The summed E-state index contributed by atoms with van der Waals surface area (Å²) >= 11 is 0. The number of piperidine rings is 1. The minimum atomic E-state index is -2.11. The highest BCUT2D eigenvalue weighted by atomic mass is 32.2. The van der Waals surface area contributed by atoms with Crippen LogP contribution in [0.5, 0.6) is 0 Å². The summed E-state index contributed by atoms with van der Waals surface area (Å²) in [5.74, 6) is 0. The predicted molar refractivity (Wildman–Crippen MR) is 61.0 cm³/mol. The van der Waals surface area contributed by atoms with Crippen LogP contribution in [-0.2, 0) is 15.0 Å². The van der Waals surface area contributed by atoms with E-state index < -0.39 is 15.9 Å². The van der Waals surface area contributed by atoms with Gasteiger partial charge in [0.15, 0.2) is 0 Å². The summed E-state index contributed by atoms with van der Waals surface area (Å²) < 4.78 is 26.6. The van der Waals surface area contributed by atoms with Crippen LogP contribution in [0.3, 0.4) is 0 Å². The zero-order chi connectivity index (χ0) is 12.3. The molecular weight excluding hydrogens is 230 g/mol. The van der Waals surface area contributed by atoms with Gasteiger partial charge in [0.2, 0.25) is 10.3 Å². The van der Waals surface area contributed by atoms with Crippen molar-refractivity contribution in [1.29, 1.82) is 0 Å². The lowest BCUT2D eigenvalue weighted by atomic mass is 10.1. The van der Waals surface area contributed by atoms with Crippen molar-refractivity contribution >= 4 is 21.3 Å². The molecule has 0 aliphatic carbocycles. The molecule has 1 aliphatic heterocycles. The zero-order valence-corrected chi connectivity index (χ0v) is 10.6. The molecule has 6 heteroatoms. The fourth-order valence-corrected chi connectivity index (χ4v) is 1.95. The Morgan fingerprint density at radius 1 is 1.25 bits per heavy atom. The Balaban J connectivity index is 2.55. The van der Waals surface area contributed by atoms with Crippen molar-refractivity contribution in [3.63, 3.8) is 0 Å². The van der Waals surface area contributed by atoms with E-state index in [1.54, 1.807) is 25.7 Å². The summed E-state index contributed by atoms with van der Waals surface area (Å²) in [7, 11) is -2.11. The van der Waals surface area contributed by atoms with Gasteiger partial charge in [-0.05, 0) is 20.8 Å². The summed E-state index contributed by atoms with van der Waals surface area (Å²) in [5, 5.41) is 0. The third kappa shape index (κ3) is 3.84. The number of carbonyl (C=O) groups is 1. The molecule has 0 spiro atoms. The van der Waals surface area contributed by atoms with Gasteiger partial charge in [-0.25, -0.2) is 4.79 Å². The maximum absolute atomic E-state index is 11.6. The second-order valence-electron chi connectivity index (χ2n) is 4.74. The monoisotopic (exact) mass is 247 g/mol. The van der Waals surface area contributed by atoms with Gasteiger partial charge in [-0.2, -0.15) is 8.42 Å². The molecule has 1 saturated heterocycles. The van der Waals surface area contributed by atoms with Gasteiger partial charge in [-0.1, -0.05) is 0 Å². The molecule has 0 aromatic carbocycles. The van der Waals surface area contributed by atoms with E-state index in [1.165, 1.54) is 0 Å². The summed E-state index contributed by atoms with van der Waals surface area (Å²) in [6, 6.07) is 0. The van der Waals surface area contributed by atoms with Gasteiger partial charge in [-0.3, -0.25) is 0 Å². The first-order chi connectivity index (χ1) is 7.29.